The first kappa shape index (κ1) is 16.3. The van der Waals surface area contributed by atoms with Crippen molar-refractivity contribution in [3.05, 3.63) is 0 Å². The second kappa shape index (κ2) is 7.77. The number of nitrogens with zero attached hydrogens (tertiary/aromatic N) is 1. The van der Waals surface area contributed by atoms with E-state index in [4.69, 9.17) is 4.74 Å². The minimum Gasteiger partial charge on any atom is -0.373 e. The average molecular weight is 282 g/mol. The van der Waals surface area contributed by atoms with Crippen LogP contribution < -0.4 is 5.32 Å². The molecule has 0 bridgehead atoms. The predicted octanol–water partition coefficient (Wildman–Crippen LogP) is 2.90. The molecule has 0 radical (unpaired) electrons. The lowest BCUT2D eigenvalue weighted by Gasteiger charge is -2.42. The van der Waals surface area contributed by atoms with Crippen LogP contribution in [0.2, 0.25) is 0 Å². The highest BCUT2D eigenvalue weighted by Crippen LogP contribution is 2.32. The van der Waals surface area contributed by atoms with Gasteiger partial charge in [-0.15, -0.1) is 0 Å². The van der Waals surface area contributed by atoms with Gasteiger partial charge in [0.1, 0.15) is 0 Å². The summed E-state index contributed by atoms with van der Waals surface area (Å²) in [4.78, 5) is 2.64. The third kappa shape index (κ3) is 4.44. The third-order valence-corrected chi connectivity index (χ3v) is 5.12. The molecule has 2 fully saturated rings. The normalized spacial score (nSPS) is 39.9. The molecule has 1 aliphatic carbocycles. The Labute approximate surface area is 125 Å². The van der Waals surface area contributed by atoms with E-state index in [1.165, 1.54) is 32.2 Å². The summed E-state index contributed by atoms with van der Waals surface area (Å²) in [5, 5.41) is 3.73. The second-order valence-electron chi connectivity index (χ2n) is 6.99. The minimum atomic E-state index is 0.391. The summed E-state index contributed by atoms with van der Waals surface area (Å²) >= 11 is 0. The number of nitrogens with one attached hydrogen (secondary N) is 1. The summed E-state index contributed by atoms with van der Waals surface area (Å²) in [5.41, 5.74) is 0. The van der Waals surface area contributed by atoms with Gasteiger partial charge in [-0.3, -0.25) is 4.90 Å². The first-order valence-electron chi connectivity index (χ1n) is 8.73. The Morgan fingerprint density at radius 3 is 2.40 bits per heavy atom. The summed E-state index contributed by atoms with van der Waals surface area (Å²) < 4.78 is 5.86. The fourth-order valence-corrected chi connectivity index (χ4v) is 4.23. The fourth-order valence-electron chi connectivity index (χ4n) is 4.23. The standard InChI is InChI=1S/C17H34N2O/c1-5-15-7-8-17(18-6-2)16(9-15)12-19-10-13(3)20-14(4)11-19/h13-18H,5-12H2,1-4H3/t13-,14+,15?,16?,17?. The van der Waals surface area contributed by atoms with Crippen molar-refractivity contribution in [3.63, 3.8) is 0 Å². The number of morpholine rings is 1. The summed E-state index contributed by atoms with van der Waals surface area (Å²) in [6.45, 7) is 13.6. The van der Waals surface area contributed by atoms with E-state index in [0.29, 0.717) is 12.2 Å². The van der Waals surface area contributed by atoms with Crippen LogP contribution in [0.15, 0.2) is 0 Å². The lowest BCUT2D eigenvalue weighted by molar-refractivity contribution is -0.0744. The maximum absolute atomic E-state index is 5.86. The number of hydrogen-bond donors (Lipinski definition) is 1. The van der Waals surface area contributed by atoms with Crippen LogP contribution in [0.4, 0.5) is 0 Å². The lowest BCUT2D eigenvalue weighted by atomic mass is 9.76. The number of ether oxygens (including phenoxy) is 1. The van der Waals surface area contributed by atoms with Gasteiger partial charge in [0.05, 0.1) is 12.2 Å². The molecule has 0 aromatic rings. The van der Waals surface area contributed by atoms with Crippen molar-refractivity contribution in [2.24, 2.45) is 11.8 Å². The Morgan fingerprint density at radius 2 is 1.80 bits per heavy atom. The van der Waals surface area contributed by atoms with Gasteiger partial charge in [0, 0.05) is 25.7 Å². The van der Waals surface area contributed by atoms with Crippen LogP contribution in [-0.2, 0) is 4.74 Å². The van der Waals surface area contributed by atoms with Crippen molar-refractivity contribution in [1.29, 1.82) is 0 Å². The first-order chi connectivity index (χ1) is 9.62. The largest absolute Gasteiger partial charge is 0.373 e. The van der Waals surface area contributed by atoms with Gasteiger partial charge in [-0.1, -0.05) is 20.3 Å². The predicted molar refractivity (Wildman–Crippen MR) is 85.0 cm³/mol. The van der Waals surface area contributed by atoms with Gasteiger partial charge in [0.2, 0.25) is 0 Å². The quantitative estimate of drug-likeness (QED) is 0.839. The van der Waals surface area contributed by atoms with E-state index in [-0.39, 0.29) is 0 Å². The van der Waals surface area contributed by atoms with Gasteiger partial charge in [-0.05, 0) is 51.5 Å². The SMILES string of the molecule is CCNC1CCC(CC)CC1CN1C[C@@H](C)O[C@@H](C)C1. The molecular formula is C17H34N2O. The van der Waals surface area contributed by atoms with Crippen LogP contribution in [0.25, 0.3) is 0 Å². The molecule has 3 nitrogen and oxygen atoms in total. The molecule has 0 aromatic carbocycles. The smallest absolute Gasteiger partial charge is 0.0678 e. The van der Waals surface area contributed by atoms with Crippen molar-refractivity contribution in [2.45, 2.75) is 71.6 Å². The van der Waals surface area contributed by atoms with Crippen molar-refractivity contribution >= 4 is 0 Å². The third-order valence-electron chi connectivity index (χ3n) is 5.12. The topological polar surface area (TPSA) is 24.5 Å². The first-order valence-corrected chi connectivity index (χ1v) is 8.73. The molecule has 1 aliphatic heterocycles. The van der Waals surface area contributed by atoms with Crippen LogP contribution in [0.3, 0.4) is 0 Å². The fraction of sp³-hybridized carbons (Fsp3) is 1.00. The van der Waals surface area contributed by atoms with E-state index < -0.39 is 0 Å². The summed E-state index contributed by atoms with van der Waals surface area (Å²) in [6.07, 6.45) is 6.33. The Hall–Kier alpha value is -0.120. The van der Waals surface area contributed by atoms with Gasteiger partial charge < -0.3 is 10.1 Å². The number of rotatable bonds is 5. The van der Waals surface area contributed by atoms with Gasteiger partial charge in [-0.25, -0.2) is 0 Å². The van der Waals surface area contributed by atoms with Gasteiger partial charge in [0.15, 0.2) is 0 Å². The molecule has 2 rings (SSSR count). The molecular weight excluding hydrogens is 248 g/mol. The van der Waals surface area contributed by atoms with E-state index in [1.54, 1.807) is 0 Å². The molecule has 0 aromatic heterocycles. The molecule has 1 saturated heterocycles. The van der Waals surface area contributed by atoms with Crippen molar-refractivity contribution in [2.75, 3.05) is 26.2 Å². The van der Waals surface area contributed by atoms with Crippen molar-refractivity contribution in [3.8, 4) is 0 Å². The lowest BCUT2D eigenvalue weighted by Crippen LogP contribution is -2.51. The van der Waals surface area contributed by atoms with E-state index >= 15 is 0 Å². The molecule has 3 unspecified atom stereocenters. The van der Waals surface area contributed by atoms with Crippen LogP contribution in [0.5, 0.6) is 0 Å². The Kier molecular flexibility index (Phi) is 6.31. The van der Waals surface area contributed by atoms with E-state index in [0.717, 1.165) is 37.5 Å². The molecule has 20 heavy (non-hydrogen) atoms. The van der Waals surface area contributed by atoms with E-state index in [9.17, 15) is 0 Å². The van der Waals surface area contributed by atoms with Crippen LogP contribution >= 0.6 is 0 Å². The summed E-state index contributed by atoms with van der Waals surface area (Å²) in [6, 6.07) is 0.733. The van der Waals surface area contributed by atoms with Crippen LogP contribution in [-0.4, -0.2) is 49.3 Å². The summed E-state index contributed by atoms with van der Waals surface area (Å²) in [5.74, 6) is 1.77. The zero-order valence-electron chi connectivity index (χ0n) is 13.9. The van der Waals surface area contributed by atoms with Crippen molar-refractivity contribution in [1.82, 2.24) is 10.2 Å². The molecule has 3 heteroatoms. The van der Waals surface area contributed by atoms with Crippen molar-refractivity contribution < 1.29 is 4.74 Å². The second-order valence-corrected chi connectivity index (χ2v) is 6.99. The minimum absolute atomic E-state index is 0.391. The number of hydrogen-bond acceptors (Lipinski definition) is 3. The zero-order chi connectivity index (χ0) is 14.5. The molecule has 0 amide bonds. The highest BCUT2D eigenvalue weighted by Gasteiger charge is 2.32. The summed E-state index contributed by atoms with van der Waals surface area (Å²) in [7, 11) is 0. The highest BCUT2D eigenvalue weighted by atomic mass is 16.5. The zero-order valence-corrected chi connectivity index (χ0v) is 13.9. The maximum Gasteiger partial charge on any atom is 0.0678 e. The molecule has 0 spiro atoms. The molecule has 1 N–H and O–H groups in total. The maximum atomic E-state index is 5.86. The molecule has 5 atom stereocenters. The van der Waals surface area contributed by atoms with Crippen LogP contribution in [0, 0.1) is 11.8 Å². The van der Waals surface area contributed by atoms with E-state index in [1.807, 2.05) is 0 Å². The Bertz CT molecular complexity index is 274. The Morgan fingerprint density at radius 1 is 1.10 bits per heavy atom. The van der Waals surface area contributed by atoms with Gasteiger partial charge in [0.25, 0.3) is 0 Å². The molecule has 1 heterocycles. The van der Waals surface area contributed by atoms with Crippen LogP contribution in [0.1, 0.15) is 53.4 Å². The monoisotopic (exact) mass is 282 g/mol. The van der Waals surface area contributed by atoms with Gasteiger partial charge in [-0.2, -0.15) is 0 Å². The molecule has 2 aliphatic rings. The van der Waals surface area contributed by atoms with E-state index in [2.05, 4.69) is 37.9 Å². The molecule has 1 saturated carbocycles. The highest BCUT2D eigenvalue weighted by molar-refractivity contribution is 4.87. The molecule has 118 valence electrons. The van der Waals surface area contributed by atoms with Gasteiger partial charge >= 0.3 is 0 Å². The average Bonchev–Trinajstić information content (AvgIpc) is 2.40. The Balaban J connectivity index is 1.92.